The average Bonchev–Trinajstić information content (AvgIpc) is 2.74. The molecular formula is C23H17N3O2. The predicted molar refractivity (Wildman–Crippen MR) is 110 cm³/mol. The zero-order chi connectivity index (χ0) is 19.3. The number of nitrogens with zero attached hydrogens (tertiary/aromatic N) is 2. The van der Waals surface area contributed by atoms with Crippen molar-refractivity contribution in [3.8, 4) is 17.2 Å². The van der Waals surface area contributed by atoms with Crippen molar-refractivity contribution in [2.24, 2.45) is 0 Å². The number of rotatable bonds is 5. The Labute approximate surface area is 162 Å². The van der Waals surface area contributed by atoms with Crippen LogP contribution in [0.5, 0.6) is 17.2 Å². The van der Waals surface area contributed by atoms with Crippen molar-refractivity contribution in [1.82, 2.24) is 4.98 Å². The van der Waals surface area contributed by atoms with Crippen LogP contribution in [0.4, 0.5) is 11.4 Å². The summed E-state index contributed by atoms with van der Waals surface area (Å²) in [5.74, 6) is 1.79. The van der Waals surface area contributed by atoms with Gasteiger partial charge in [0.2, 0.25) is 5.69 Å². The van der Waals surface area contributed by atoms with Crippen LogP contribution in [0.2, 0.25) is 0 Å². The smallest absolute Gasteiger partial charge is 0.229 e. The number of benzene rings is 3. The number of nitrogens with two attached hydrogens (primary N) is 1. The first-order valence-corrected chi connectivity index (χ1v) is 8.73. The topological polar surface area (TPSA) is 61.7 Å². The number of aromatic nitrogens is 1. The van der Waals surface area contributed by atoms with Crippen LogP contribution >= 0.6 is 0 Å². The molecule has 0 fully saturated rings. The first-order valence-electron chi connectivity index (χ1n) is 8.73. The quantitative estimate of drug-likeness (QED) is 0.361. The van der Waals surface area contributed by atoms with Gasteiger partial charge < -0.3 is 15.2 Å². The number of fused-ring (bicyclic) bond motifs is 1. The van der Waals surface area contributed by atoms with E-state index >= 15 is 0 Å². The van der Waals surface area contributed by atoms with Crippen LogP contribution in [0.25, 0.3) is 15.7 Å². The zero-order valence-corrected chi connectivity index (χ0v) is 15.0. The maximum Gasteiger partial charge on any atom is 0.229 e. The van der Waals surface area contributed by atoms with Gasteiger partial charge in [-0.05, 0) is 48.0 Å². The summed E-state index contributed by atoms with van der Waals surface area (Å²) in [6, 6.07) is 22.3. The Morgan fingerprint density at radius 3 is 2.46 bits per heavy atom. The van der Waals surface area contributed by atoms with Crippen molar-refractivity contribution in [3.05, 3.63) is 96.0 Å². The van der Waals surface area contributed by atoms with E-state index in [1.165, 1.54) is 0 Å². The number of nitrogen functional groups attached to an aromatic ring is 1. The molecule has 136 valence electrons. The van der Waals surface area contributed by atoms with Crippen LogP contribution in [-0.4, -0.2) is 4.98 Å². The lowest BCUT2D eigenvalue weighted by atomic mass is 10.1. The Balaban J connectivity index is 1.66. The molecule has 0 spiro atoms. The molecule has 0 unspecified atom stereocenters. The lowest BCUT2D eigenvalue weighted by Crippen LogP contribution is -1.96. The second-order valence-electron chi connectivity index (χ2n) is 6.20. The van der Waals surface area contributed by atoms with Crippen molar-refractivity contribution in [1.29, 1.82) is 0 Å². The van der Waals surface area contributed by atoms with Crippen LogP contribution in [0, 0.1) is 6.57 Å². The Morgan fingerprint density at radius 1 is 0.929 bits per heavy atom. The fourth-order valence-corrected chi connectivity index (χ4v) is 2.83. The van der Waals surface area contributed by atoms with Crippen LogP contribution in [0.1, 0.15) is 5.56 Å². The Morgan fingerprint density at radius 2 is 1.71 bits per heavy atom. The largest absolute Gasteiger partial charge is 0.500 e. The molecule has 28 heavy (non-hydrogen) atoms. The predicted octanol–water partition coefficient (Wildman–Crippen LogP) is 5.74. The van der Waals surface area contributed by atoms with Crippen molar-refractivity contribution in [3.63, 3.8) is 0 Å². The lowest BCUT2D eigenvalue weighted by molar-refractivity contribution is 0.308. The van der Waals surface area contributed by atoms with E-state index in [-0.39, 0.29) is 0 Å². The van der Waals surface area contributed by atoms with Gasteiger partial charge in [-0.15, -0.1) is 0 Å². The minimum Gasteiger partial charge on any atom is -0.500 e. The number of hydrogen-bond donors (Lipinski definition) is 1. The Bertz CT molecular complexity index is 1150. The summed E-state index contributed by atoms with van der Waals surface area (Å²) in [4.78, 5) is 8.02. The summed E-state index contributed by atoms with van der Waals surface area (Å²) in [6.07, 6.45) is 1.67. The van der Waals surface area contributed by atoms with Gasteiger partial charge in [0, 0.05) is 17.3 Å². The third-order valence-corrected chi connectivity index (χ3v) is 4.25. The fraction of sp³-hybridized carbons (Fsp3) is 0.0435. The minimum absolute atomic E-state index is 0.385. The number of anilines is 1. The summed E-state index contributed by atoms with van der Waals surface area (Å²) in [6.45, 7) is 7.91. The molecule has 4 rings (SSSR count). The zero-order valence-electron chi connectivity index (χ0n) is 15.0. The number of ether oxygens (including phenoxy) is 2. The molecule has 5 nitrogen and oxygen atoms in total. The second kappa shape index (κ2) is 7.68. The molecule has 3 aromatic carbocycles. The van der Waals surface area contributed by atoms with Crippen LogP contribution in [-0.2, 0) is 6.61 Å². The highest BCUT2D eigenvalue weighted by atomic mass is 16.5. The highest BCUT2D eigenvalue weighted by molar-refractivity contribution is 5.91. The monoisotopic (exact) mass is 367 g/mol. The van der Waals surface area contributed by atoms with Gasteiger partial charge in [0.1, 0.15) is 23.9 Å². The van der Waals surface area contributed by atoms with Crippen molar-refractivity contribution >= 4 is 22.3 Å². The fourth-order valence-electron chi connectivity index (χ4n) is 2.83. The molecule has 0 saturated heterocycles. The SMILES string of the molecule is [C-]#[N+]c1cc2c(Oc3ccc(N)cc3)ccnc2cc1OCc1ccccc1. The van der Waals surface area contributed by atoms with E-state index in [2.05, 4.69) is 9.83 Å². The van der Waals surface area contributed by atoms with Crippen molar-refractivity contribution in [2.45, 2.75) is 6.61 Å². The van der Waals surface area contributed by atoms with E-state index in [9.17, 15) is 0 Å². The van der Waals surface area contributed by atoms with E-state index in [0.29, 0.717) is 40.7 Å². The normalized spacial score (nSPS) is 10.4. The molecule has 5 heteroatoms. The first-order chi connectivity index (χ1) is 13.7. The van der Waals surface area contributed by atoms with E-state index in [1.807, 2.05) is 30.3 Å². The van der Waals surface area contributed by atoms with Gasteiger partial charge in [0.15, 0.2) is 0 Å². The molecule has 0 aliphatic rings. The Hall–Kier alpha value is -4.04. The molecule has 1 aromatic heterocycles. The first kappa shape index (κ1) is 17.4. The summed E-state index contributed by atoms with van der Waals surface area (Å²) >= 11 is 0. The Kier molecular flexibility index (Phi) is 4.77. The van der Waals surface area contributed by atoms with Crippen molar-refractivity contribution < 1.29 is 9.47 Å². The van der Waals surface area contributed by atoms with Gasteiger partial charge in [-0.1, -0.05) is 30.3 Å². The lowest BCUT2D eigenvalue weighted by Gasteiger charge is -2.12. The van der Waals surface area contributed by atoms with Gasteiger partial charge in [-0.3, -0.25) is 4.98 Å². The van der Waals surface area contributed by atoms with E-state index < -0.39 is 0 Å². The number of hydrogen-bond acceptors (Lipinski definition) is 4. The molecule has 4 aromatic rings. The summed E-state index contributed by atoms with van der Waals surface area (Å²) in [7, 11) is 0. The molecule has 0 radical (unpaired) electrons. The van der Waals surface area contributed by atoms with Gasteiger partial charge in [0.05, 0.1) is 12.1 Å². The van der Waals surface area contributed by atoms with E-state index in [4.69, 9.17) is 21.8 Å². The minimum atomic E-state index is 0.385. The van der Waals surface area contributed by atoms with Gasteiger partial charge in [-0.2, -0.15) is 0 Å². The number of pyridine rings is 1. The average molecular weight is 367 g/mol. The van der Waals surface area contributed by atoms with E-state index in [0.717, 1.165) is 10.9 Å². The third kappa shape index (κ3) is 3.71. The maximum absolute atomic E-state index is 7.53. The molecule has 0 aliphatic heterocycles. The molecule has 0 bridgehead atoms. The summed E-state index contributed by atoms with van der Waals surface area (Å²) < 4.78 is 11.9. The summed E-state index contributed by atoms with van der Waals surface area (Å²) in [5, 5.41) is 0.748. The van der Waals surface area contributed by atoms with Crippen molar-refractivity contribution in [2.75, 3.05) is 5.73 Å². The molecule has 0 aliphatic carbocycles. The molecule has 0 saturated carbocycles. The standard InChI is InChI=1S/C23H17N3O2/c1-25-21-13-19-20(14-23(21)27-15-16-5-3-2-4-6-16)26-12-11-22(19)28-18-9-7-17(24)8-10-18/h2-14H,15,24H2. The van der Waals surface area contributed by atoms with Gasteiger partial charge in [0.25, 0.3) is 0 Å². The van der Waals surface area contributed by atoms with Crippen LogP contribution < -0.4 is 15.2 Å². The molecule has 2 N–H and O–H groups in total. The highest BCUT2D eigenvalue weighted by Crippen LogP contribution is 2.37. The highest BCUT2D eigenvalue weighted by Gasteiger charge is 2.12. The maximum atomic E-state index is 7.53. The third-order valence-electron chi connectivity index (χ3n) is 4.25. The van der Waals surface area contributed by atoms with Gasteiger partial charge >= 0.3 is 0 Å². The van der Waals surface area contributed by atoms with Gasteiger partial charge in [-0.25, -0.2) is 4.85 Å². The van der Waals surface area contributed by atoms with Crippen LogP contribution in [0.3, 0.4) is 0 Å². The van der Waals surface area contributed by atoms with Crippen LogP contribution in [0.15, 0.2) is 79.0 Å². The summed E-state index contributed by atoms with van der Waals surface area (Å²) in [5.41, 5.74) is 8.54. The molecule has 0 amide bonds. The molecule has 1 heterocycles. The van der Waals surface area contributed by atoms with E-state index in [1.54, 1.807) is 48.7 Å². The molecular weight excluding hydrogens is 350 g/mol. The second-order valence-corrected chi connectivity index (χ2v) is 6.20. The molecule has 0 atom stereocenters.